The van der Waals surface area contributed by atoms with Crippen LogP contribution < -0.4 is 10.6 Å². The number of nitrogens with one attached hydrogen (secondary N) is 2. The van der Waals surface area contributed by atoms with Gasteiger partial charge in [0.05, 0.1) is 5.69 Å². The third-order valence-corrected chi connectivity index (χ3v) is 4.00. The fourth-order valence-corrected chi connectivity index (χ4v) is 2.62. The molecule has 0 bridgehead atoms. The van der Waals surface area contributed by atoms with Crippen LogP contribution in [0.4, 0.5) is 17.5 Å². The number of anilines is 3. The molecular formula is C20H20N4. The minimum absolute atomic E-state index is 0.551. The molecule has 0 spiro atoms. The summed E-state index contributed by atoms with van der Waals surface area (Å²) in [7, 11) is 0. The molecule has 4 nitrogen and oxygen atoms in total. The van der Waals surface area contributed by atoms with Crippen LogP contribution in [-0.4, -0.2) is 16.0 Å². The summed E-state index contributed by atoms with van der Waals surface area (Å²) in [4.78, 5) is 9.32. The van der Waals surface area contributed by atoms with Gasteiger partial charge < -0.3 is 10.6 Å². The van der Waals surface area contributed by atoms with Gasteiger partial charge in [-0.25, -0.2) is 4.98 Å². The van der Waals surface area contributed by atoms with E-state index in [9.17, 15) is 0 Å². The number of aromatic nitrogens is 2. The van der Waals surface area contributed by atoms with Gasteiger partial charge in [0.2, 0.25) is 5.95 Å². The number of aryl methyl sites for hydroxylation is 1. The molecular weight excluding hydrogens is 296 g/mol. The Bertz CT molecular complexity index is 841. The summed E-state index contributed by atoms with van der Waals surface area (Å²) in [6.45, 7) is 2.08. The SMILES string of the molecule is Cc1cccc(Nc2nc(NC3CC3)cc(-c3ccccc3)n2)c1. The number of hydrogen-bond donors (Lipinski definition) is 2. The maximum atomic E-state index is 4.69. The molecule has 1 saturated carbocycles. The van der Waals surface area contributed by atoms with Gasteiger partial charge in [-0.15, -0.1) is 0 Å². The molecule has 1 fully saturated rings. The highest BCUT2D eigenvalue weighted by Crippen LogP contribution is 2.27. The Morgan fingerprint density at radius 2 is 1.75 bits per heavy atom. The third kappa shape index (κ3) is 3.54. The van der Waals surface area contributed by atoms with Gasteiger partial charge in [0.25, 0.3) is 0 Å². The van der Waals surface area contributed by atoms with Crippen molar-refractivity contribution in [1.29, 1.82) is 0 Å². The largest absolute Gasteiger partial charge is 0.367 e. The summed E-state index contributed by atoms with van der Waals surface area (Å²) in [5.41, 5.74) is 4.21. The second kappa shape index (κ2) is 6.32. The van der Waals surface area contributed by atoms with Crippen LogP contribution in [0.2, 0.25) is 0 Å². The van der Waals surface area contributed by atoms with E-state index in [1.807, 2.05) is 36.4 Å². The second-order valence-electron chi connectivity index (χ2n) is 6.24. The summed E-state index contributed by atoms with van der Waals surface area (Å²) in [5, 5.41) is 6.80. The van der Waals surface area contributed by atoms with Gasteiger partial charge >= 0.3 is 0 Å². The van der Waals surface area contributed by atoms with Crippen LogP contribution in [0.1, 0.15) is 18.4 Å². The molecule has 0 amide bonds. The van der Waals surface area contributed by atoms with Crippen molar-refractivity contribution in [1.82, 2.24) is 9.97 Å². The van der Waals surface area contributed by atoms with Crippen LogP contribution in [0.3, 0.4) is 0 Å². The normalized spacial score (nSPS) is 13.5. The van der Waals surface area contributed by atoms with Crippen LogP contribution >= 0.6 is 0 Å². The Morgan fingerprint density at radius 3 is 2.50 bits per heavy atom. The Hall–Kier alpha value is -2.88. The zero-order chi connectivity index (χ0) is 16.4. The number of hydrogen-bond acceptors (Lipinski definition) is 4. The van der Waals surface area contributed by atoms with E-state index in [4.69, 9.17) is 4.98 Å². The van der Waals surface area contributed by atoms with E-state index in [0.29, 0.717) is 12.0 Å². The molecule has 120 valence electrons. The average Bonchev–Trinajstić information content (AvgIpc) is 3.39. The van der Waals surface area contributed by atoms with E-state index in [2.05, 4.69) is 46.8 Å². The first-order valence-electron chi connectivity index (χ1n) is 8.31. The van der Waals surface area contributed by atoms with Gasteiger partial charge in [0.1, 0.15) is 5.82 Å². The predicted octanol–water partition coefficient (Wildman–Crippen LogP) is 4.77. The fraction of sp³-hybridized carbons (Fsp3) is 0.200. The maximum Gasteiger partial charge on any atom is 0.229 e. The van der Waals surface area contributed by atoms with E-state index in [0.717, 1.165) is 22.8 Å². The van der Waals surface area contributed by atoms with Crippen LogP contribution in [0, 0.1) is 6.92 Å². The molecule has 4 heteroatoms. The molecule has 0 aliphatic heterocycles. The first-order valence-corrected chi connectivity index (χ1v) is 8.31. The lowest BCUT2D eigenvalue weighted by atomic mass is 10.1. The van der Waals surface area contributed by atoms with Crippen molar-refractivity contribution in [3.63, 3.8) is 0 Å². The van der Waals surface area contributed by atoms with Gasteiger partial charge in [-0.2, -0.15) is 4.98 Å². The first-order chi connectivity index (χ1) is 11.8. The lowest BCUT2D eigenvalue weighted by Gasteiger charge is -2.11. The average molecular weight is 316 g/mol. The van der Waals surface area contributed by atoms with Crippen molar-refractivity contribution in [2.75, 3.05) is 10.6 Å². The zero-order valence-electron chi connectivity index (χ0n) is 13.7. The molecule has 24 heavy (non-hydrogen) atoms. The number of nitrogens with zero attached hydrogens (tertiary/aromatic N) is 2. The van der Waals surface area contributed by atoms with Crippen LogP contribution in [0.15, 0.2) is 60.7 Å². The minimum atomic E-state index is 0.551. The van der Waals surface area contributed by atoms with Crippen molar-refractivity contribution in [3.05, 3.63) is 66.2 Å². The standard InChI is InChI=1S/C20H20N4/c1-14-6-5-9-17(12-14)22-20-23-18(15-7-3-2-4-8-15)13-19(24-20)21-16-10-11-16/h2-9,12-13,16H,10-11H2,1H3,(H2,21,22,23,24). The molecule has 1 aliphatic rings. The zero-order valence-corrected chi connectivity index (χ0v) is 13.7. The third-order valence-electron chi connectivity index (χ3n) is 4.00. The maximum absolute atomic E-state index is 4.69. The lowest BCUT2D eigenvalue weighted by molar-refractivity contribution is 1.09. The highest BCUT2D eigenvalue weighted by atomic mass is 15.2. The van der Waals surface area contributed by atoms with Crippen molar-refractivity contribution in [2.24, 2.45) is 0 Å². The van der Waals surface area contributed by atoms with Gasteiger partial charge in [0.15, 0.2) is 0 Å². The van der Waals surface area contributed by atoms with Crippen molar-refractivity contribution < 1.29 is 0 Å². The molecule has 4 rings (SSSR count). The quantitative estimate of drug-likeness (QED) is 0.712. The Kier molecular flexibility index (Phi) is 3.87. The van der Waals surface area contributed by atoms with Gasteiger partial charge in [-0.3, -0.25) is 0 Å². The first kappa shape index (κ1) is 14.7. The molecule has 3 aromatic rings. The molecule has 0 atom stereocenters. The molecule has 2 N–H and O–H groups in total. The second-order valence-corrected chi connectivity index (χ2v) is 6.24. The van der Waals surface area contributed by atoms with E-state index >= 15 is 0 Å². The number of benzene rings is 2. The van der Waals surface area contributed by atoms with Crippen molar-refractivity contribution in [2.45, 2.75) is 25.8 Å². The highest BCUT2D eigenvalue weighted by Gasteiger charge is 2.22. The fourth-order valence-electron chi connectivity index (χ4n) is 2.62. The van der Waals surface area contributed by atoms with Gasteiger partial charge in [-0.1, -0.05) is 42.5 Å². The topological polar surface area (TPSA) is 49.8 Å². The summed E-state index contributed by atoms with van der Waals surface area (Å²) >= 11 is 0. The lowest BCUT2D eigenvalue weighted by Crippen LogP contribution is -2.06. The Morgan fingerprint density at radius 1 is 0.917 bits per heavy atom. The molecule has 0 unspecified atom stereocenters. The van der Waals surface area contributed by atoms with Crippen LogP contribution in [0.5, 0.6) is 0 Å². The molecule has 1 aliphatic carbocycles. The summed E-state index contributed by atoms with van der Waals surface area (Å²) in [6.07, 6.45) is 2.43. The van der Waals surface area contributed by atoms with E-state index in [-0.39, 0.29) is 0 Å². The van der Waals surface area contributed by atoms with Crippen LogP contribution in [-0.2, 0) is 0 Å². The summed E-state index contributed by atoms with van der Waals surface area (Å²) < 4.78 is 0. The summed E-state index contributed by atoms with van der Waals surface area (Å²) in [5.74, 6) is 1.49. The smallest absolute Gasteiger partial charge is 0.229 e. The van der Waals surface area contributed by atoms with E-state index < -0.39 is 0 Å². The molecule has 1 heterocycles. The van der Waals surface area contributed by atoms with Gasteiger partial charge in [-0.05, 0) is 37.5 Å². The molecule has 0 radical (unpaired) electrons. The molecule has 0 saturated heterocycles. The van der Waals surface area contributed by atoms with Crippen molar-refractivity contribution in [3.8, 4) is 11.3 Å². The van der Waals surface area contributed by atoms with E-state index in [1.54, 1.807) is 0 Å². The predicted molar refractivity (Wildman–Crippen MR) is 98.6 cm³/mol. The van der Waals surface area contributed by atoms with Crippen LogP contribution in [0.25, 0.3) is 11.3 Å². The highest BCUT2D eigenvalue weighted by molar-refractivity contribution is 5.66. The Balaban J connectivity index is 1.69. The Labute approximate surface area is 142 Å². The number of rotatable bonds is 5. The molecule has 2 aromatic carbocycles. The van der Waals surface area contributed by atoms with Gasteiger partial charge in [0, 0.05) is 23.4 Å². The van der Waals surface area contributed by atoms with E-state index in [1.165, 1.54) is 18.4 Å². The minimum Gasteiger partial charge on any atom is -0.367 e. The summed E-state index contributed by atoms with van der Waals surface area (Å²) in [6, 6.07) is 21.0. The van der Waals surface area contributed by atoms with Crippen molar-refractivity contribution >= 4 is 17.5 Å². The monoisotopic (exact) mass is 316 g/mol. The molecule has 1 aromatic heterocycles.